The summed E-state index contributed by atoms with van der Waals surface area (Å²) in [4.78, 5) is 15.8. The molecule has 0 saturated heterocycles. The van der Waals surface area contributed by atoms with Gasteiger partial charge in [-0.25, -0.2) is 0 Å². The zero-order chi connectivity index (χ0) is 14.4. The van der Waals surface area contributed by atoms with Gasteiger partial charge in [-0.3, -0.25) is 9.78 Å². The third kappa shape index (κ3) is 3.71. The molecule has 2 rings (SSSR count). The van der Waals surface area contributed by atoms with Crippen LogP contribution in [0, 0.1) is 0 Å². The van der Waals surface area contributed by atoms with E-state index in [0.29, 0.717) is 18.8 Å². The summed E-state index contributed by atoms with van der Waals surface area (Å²) in [5.41, 5.74) is 8.81. The molecule has 20 heavy (non-hydrogen) atoms. The minimum Gasteiger partial charge on any atom is -0.399 e. The number of anilines is 2. The highest BCUT2D eigenvalue weighted by atomic mass is 16.1. The predicted octanol–water partition coefficient (Wildman–Crippen LogP) is 2.03. The van der Waals surface area contributed by atoms with E-state index in [9.17, 15) is 4.79 Å². The van der Waals surface area contributed by atoms with E-state index >= 15 is 0 Å². The SMILES string of the molecule is CCNC(=O)c1cc(NCc2cccc(N)c2)ccn1. The number of hydrogen-bond acceptors (Lipinski definition) is 4. The Hall–Kier alpha value is -2.56. The Bertz CT molecular complexity index is 598. The number of nitrogens with two attached hydrogens (primary N) is 1. The van der Waals surface area contributed by atoms with Crippen molar-refractivity contribution >= 4 is 17.3 Å². The standard InChI is InChI=1S/C15H18N4O/c1-2-17-15(20)14-9-13(6-7-18-14)19-10-11-4-3-5-12(16)8-11/h3-9H,2,10,16H2,1H3,(H,17,20)(H,18,19). The molecule has 1 amide bonds. The molecule has 0 aliphatic heterocycles. The van der Waals surface area contributed by atoms with Gasteiger partial charge >= 0.3 is 0 Å². The molecule has 0 aliphatic carbocycles. The van der Waals surface area contributed by atoms with E-state index in [2.05, 4.69) is 15.6 Å². The van der Waals surface area contributed by atoms with E-state index in [0.717, 1.165) is 16.9 Å². The highest BCUT2D eigenvalue weighted by molar-refractivity contribution is 5.93. The van der Waals surface area contributed by atoms with Crippen molar-refractivity contribution in [3.8, 4) is 0 Å². The van der Waals surface area contributed by atoms with Crippen molar-refractivity contribution in [1.82, 2.24) is 10.3 Å². The average Bonchev–Trinajstić information content (AvgIpc) is 2.46. The lowest BCUT2D eigenvalue weighted by Crippen LogP contribution is -2.23. The van der Waals surface area contributed by atoms with Gasteiger partial charge in [0, 0.05) is 30.7 Å². The summed E-state index contributed by atoms with van der Waals surface area (Å²) < 4.78 is 0. The lowest BCUT2D eigenvalue weighted by atomic mass is 10.2. The second kappa shape index (κ2) is 6.56. The van der Waals surface area contributed by atoms with Crippen LogP contribution in [0.2, 0.25) is 0 Å². The molecule has 1 aromatic carbocycles. The Morgan fingerprint density at radius 3 is 2.90 bits per heavy atom. The molecule has 0 radical (unpaired) electrons. The van der Waals surface area contributed by atoms with Crippen molar-refractivity contribution in [3.63, 3.8) is 0 Å². The van der Waals surface area contributed by atoms with Crippen molar-refractivity contribution in [1.29, 1.82) is 0 Å². The van der Waals surface area contributed by atoms with Crippen molar-refractivity contribution in [3.05, 3.63) is 53.9 Å². The van der Waals surface area contributed by atoms with E-state index in [4.69, 9.17) is 5.73 Å². The van der Waals surface area contributed by atoms with Crippen molar-refractivity contribution in [2.45, 2.75) is 13.5 Å². The Balaban J connectivity index is 2.03. The van der Waals surface area contributed by atoms with Crippen molar-refractivity contribution in [2.75, 3.05) is 17.6 Å². The lowest BCUT2D eigenvalue weighted by molar-refractivity contribution is 0.0951. The second-order valence-electron chi connectivity index (χ2n) is 4.39. The largest absolute Gasteiger partial charge is 0.399 e. The number of pyridine rings is 1. The van der Waals surface area contributed by atoms with Gasteiger partial charge in [0.2, 0.25) is 0 Å². The monoisotopic (exact) mass is 270 g/mol. The van der Waals surface area contributed by atoms with Crippen molar-refractivity contribution < 1.29 is 4.79 Å². The first-order chi connectivity index (χ1) is 9.69. The summed E-state index contributed by atoms with van der Waals surface area (Å²) in [6, 6.07) is 11.2. The first kappa shape index (κ1) is 13.9. The van der Waals surface area contributed by atoms with Gasteiger partial charge in [-0.1, -0.05) is 12.1 Å². The quantitative estimate of drug-likeness (QED) is 0.726. The van der Waals surface area contributed by atoms with Crippen LogP contribution in [-0.4, -0.2) is 17.4 Å². The van der Waals surface area contributed by atoms with Crippen LogP contribution in [0.5, 0.6) is 0 Å². The number of nitrogens with one attached hydrogen (secondary N) is 2. The molecule has 1 heterocycles. The molecule has 4 N–H and O–H groups in total. The van der Waals surface area contributed by atoms with E-state index in [1.54, 1.807) is 12.3 Å². The number of nitrogens with zero attached hydrogens (tertiary/aromatic N) is 1. The summed E-state index contributed by atoms with van der Waals surface area (Å²) in [6.07, 6.45) is 1.62. The third-order valence-corrected chi connectivity index (χ3v) is 2.78. The Morgan fingerprint density at radius 1 is 1.30 bits per heavy atom. The number of hydrogen-bond donors (Lipinski definition) is 3. The summed E-state index contributed by atoms with van der Waals surface area (Å²) in [5.74, 6) is -0.167. The molecule has 0 aliphatic rings. The molecule has 104 valence electrons. The molecule has 0 atom stereocenters. The maximum atomic E-state index is 11.7. The number of carbonyl (C=O) groups excluding carboxylic acids is 1. The zero-order valence-electron chi connectivity index (χ0n) is 11.4. The Morgan fingerprint density at radius 2 is 2.15 bits per heavy atom. The van der Waals surface area contributed by atoms with E-state index in [1.807, 2.05) is 37.3 Å². The third-order valence-electron chi connectivity index (χ3n) is 2.78. The molecule has 0 saturated carbocycles. The molecule has 2 aromatic rings. The van der Waals surface area contributed by atoms with Crippen LogP contribution in [0.3, 0.4) is 0 Å². The molecule has 0 bridgehead atoms. The average molecular weight is 270 g/mol. The predicted molar refractivity (Wildman–Crippen MR) is 80.4 cm³/mol. The summed E-state index contributed by atoms with van der Waals surface area (Å²) in [5, 5.41) is 5.97. The van der Waals surface area contributed by atoms with Crippen LogP contribution in [-0.2, 0) is 6.54 Å². The highest BCUT2D eigenvalue weighted by Gasteiger charge is 2.06. The second-order valence-corrected chi connectivity index (χ2v) is 4.39. The van der Waals surface area contributed by atoms with Gasteiger partial charge in [0.25, 0.3) is 5.91 Å². The van der Waals surface area contributed by atoms with Gasteiger partial charge in [0.1, 0.15) is 5.69 Å². The summed E-state index contributed by atoms with van der Waals surface area (Å²) in [6.45, 7) is 3.10. The molecular formula is C15H18N4O. The minimum atomic E-state index is -0.167. The fourth-order valence-corrected chi connectivity index (χ4v) is 1.82. The number of amides is 1. The van der Waals surface area contributed by atoms with Crippen LogP contribution < -0.4 is 16.4 Å². The molecule has 0 spiro atoms. The number of aromatic nitrogens is 1. The first-order valence-electron chi connectivity index (χ1n) is 6.51. The number of rotatable bonds is 5. The van der Waals surface area contributed by atoms with Gasteiger partial charge in [-0.2, -0.15) is 0 Å². The fraction of sp³-hybridized carbons (Fsp3) is 0.200. The lowest BCUT2D eigenvalue weighted by Gasteiger charge is -2.08. The summed E-state index contributed by atoms with van der Waals surface area (Å²) >= 11 is 0. The normalized spacial score (nSPS) is 10.1. The van der Waals surface area contributed by atoms with Gasteiger partial charge in [0.15, 0.2) is 0 Å². The van der Waals surface area contributed by atoms with Crippen LogP contribution in [0.1, 0.15) is 23.0 Å². The van der Waals surface area contributed by atoms with Crippen LogP contribution in [0.15, 0.2) is 42.6 Å². The Labute approximate surface area is 118 Å². The van der Waals surface area contributed by atoms with Crippen LogP contribution >= 0.6 is 0 Å². The van der Waals surface area contributed by atoms with Crippen LogP contribution in [0.25, 0.3) is 0 Å². The molecule has 1 aromatic heterocycles. The molecule has 0 unspecified atom stereocenters. The highest BCUT2D eigenvalue weighted by Crippen LogP contribution is 2.12. The Kier molecular flexibility index (Phi) is 4.55. The van der Waals surface area contributed by atoms with E-state index in [-0.39, 0.29) is 5.91 Å². The van der Waals surface area contributed by atoms with E-state index < -0.39 is 0 Å². The minimum absolute atomic E-state index is 0.167. The van der Waals surface area contributed by atoms with Gasteiger partial charge in [0.05, 0.1) is 0 Å². The molecule has 5 heteroatoms. The van der Waals surface area contributed by atoms with Gasteiger partial charge in [-0.15, -0.1) is 0 Å². The molecular weight excluding hydrogens is 252 g/mol. The van der Waals surface area contributed by atoms with Crippen molar-refractivity contribution in [2.24, 2.45) is 0 Å². The maximum absolute atomic E-state index is 11.7. The maximum Gasteiger partial charge on any atom is 0.269 e. The molecule has 0 fully saturated rings. The number of carbonyl (C=O) groups is 1. The zero-order valence-corrected chi connectivity index (χ0v) is 11.4. The fourth-order valence-electron chi connectivity index (χ4n) is 1.82. The summed E-state index contributed by atoms with van der Waals surface area (Å²) in [7, 11) is 0. The van der Waals surface area contributed by atoms with E-state index in [1.165, 1.54) is 0 Å². The topological polar surface area (TPSA) is 80.0 Å². The smallest absolute Gasteiger partial charge is 0.269 e. The van der Waals surface area contributed by atoms with Crippen LogP contribution in [0.4, 0.5) is 11.4 Å². The van der Waals surface area contributed by atoms with Gasteiger partial charge < -0.3 is 16.4 Å². The van der Waals surface area contributed by atoms with Gasteiger partial charge in [-0.05, 0) is 36.8 Å². The molecule has 5 nitrogen and oxygen atoms in total. The first-order valence-corrected chi connectivity index (χ1v) is 6.51. The number of nitrogen functional groups attached to an aromatic ring is 1. The number of benzene rings is 1.